The fourth-order valence-electron chi connectivity index (χ4n) is 2.61. The summed E-state index contributed by atoms with van der Waals surface area (Å²) in [5.41, 5.74) is 1.22. The molecule has 0 bridgehead atoms. The second-order valence-electron chi connectivity index (χ2n) is 5.42. The topological polar surface area (TPSA) is 18.5 Å². The number of para-hydroxylation sites is 1. The van der Waals surface area contributed by atoms with Crippen molar-refractivity contribution in [3.63, 3.8) is 0 Å². The maximum Gasteiger partial charge on any atom is 0.0340 e. The molecule has 0 aromatic heterocycles. The highest BCUT2D eigenvalue weighted by atomic mass is 15.3. The fourth-order valence-corrected chi connectivity index (χ4v) is 2.61. The summed E-state index contributed by atoms with van der Waals surface area (Å²) < 4.78 is 0. The second kappa shape index (κ2) is 6.21. The van der Waals surface area contributed by atoms with E-state index in [1.165, 1.54) is 18.8 Å². The molecule has 1 saturated heterocycles. The van der Waals surface area contributed by atoms with Gasteiger partial charge in [0.15, 0.2) is 0 Å². The minimum Gasteiger partial charge on any atom is -0.384 e. The van der Waals surface area contributed by atoms with Crippen LogP contribution in [0.2, 0.25) is 0 Å². The summed E-state index contributed by atoms with van der Waals surface area (Å²) in [6.45, 7) is 9.12. The summed E-state index contributed by atoms with van der Waals surface area (Å²) >= 11 is 0. The quantitative estimate of drug-likeness (QED) is 0.879. The van der Waals surface area contributed by atoms with Gasteiger partial charge < -0.3 is 5.32 Å². The van der Waals surface area contributed by atoms with Gasteiger partial charge in [0.25, 0.3) is 0 Å². The van der Waals surface area contributed by atoms with Crippen LogP contribution in [0.15, 0.2) is 30.3 Å². The van der Waals surface area contributed by atoms with Crippen LogP contribution in [-0.4, -0.2) is 55.1 Å². The third-order valence-electron chi connectivity index (χ3n) is 3.97. The van der Waals surface area contributed by atoms with E-state index in [0.717, 1.165) is 13.1 Å². The van der Waals surface area contributed by atoms with Gasteiger partial charge in [-0.15, -0.1) is 0 Å². The van der Waals surface area contributed by atoms with E-state index < -0.39 is 0 Å². The first kappa shape index (κ1) is 13.4. The van der Waals surface area contributed by atoms with E-state index in [0.29, 0.717) is 12.1 Å². The third-order valence-corrected chi connectivity index (χ3v) is 3.97. The van der Waals surface area contributed by atoms with Crippen molar-refractivity contribution in [3.05, 3.63) is 30.3 Å². The summed E-state index contributed by atoms with van der Waals surface area (Å²) in [7, 11) is 2.23. The molecular weight excluding hydrogens is 222 g/mol. The SMILES string of the molecule is CC1CN(CCNc2ccccc2)CC(C)N1C. The molecule has 18 heavy (non-hydrogen) atoms. The van der Waals surface area contributed by atoms with Gasteiger partial charge in [0.1, 0.15) is 0 Å². The average Bonchev–Trinajstić information content (AvgIpc) is 2.37. The maximum atomic E-state index is 3.48. The zero-order valence-electron chi connectivity index (χ0n) is 11.8. The molecule has 3 nitrogen and oxygen atoms in total. The van der Waals surface area contributed by atoms with Crippen molar-refractivity contribution in [1.82, 2.24) is 9.80 Å². The minimum atomic E-state index is 0.658. The third kappa shape index (κ3) is 3.47. The summed E-state index contributed by atoms with van der Waals surface area (Å²) in [6.07, 6.45) is 0. The number of rotatable bonds is 4. The highest BCUT2D eigenvalue weighted by molar-refractivity contribution is 5.42. The molecule has 0 radical (unpaired) electrons. The van der Waals surface area contributed by atoms with E-state index in [-0.39, 0.29) is 0 Å². The largest absolute Gasteiger partial charge is 0.384 e. The molecule has 100 valence electrons. The number of benzene rings is 1. The number of likely N-dealkylation sites (N-methyl/N-ethyl adjacent to an activating group) is 1. The summed E-state index contributed by atoms with van der Waals surface area (Å²) in [6, 6.07) is 11.8. The highest BCUT2D eigenvalue weighted by Gasteiger charge is 2.25. The van der Waals surface area contributed by atoms with E-state index in [4.69, 9.17) is 0 Å². The molecule has 1 fully saturated rings. The lowest BCUT2D eigenvalue weighted by Crippen LogP contribution is -2.55. The van der Waals surface area contributed by atoms with Crippen LogP contribution in [0.1, 0.15) is 13.8 Å². The number of nitrogens with zero attached hydrogens (tertiary/aromatic N) is 2. The van der Waals surface area contributed by atoms with Gasteiger partial charge in [-0.1, -0.05) is 18.2 Å². The predicted molar refractivity (Wildman–Crippen MR) is 78.1 cm³/mol. The molecule has 1 aromatic carbocycles. The van der Waals surface area contributed by atoms with Crippen molar-refractivity contribution < 1.29 is 0 Å². The number of hydrogen-bond donors (Lipinski definition) is 1. The van der Waals surface area contributed by atoms with Gasteiger partial charge in [-0.3, -0.25) is 9.80 Å². The molecule has 1 aliphatic heterocycles. The van der Waals surface area contributed by atoms with Crippen LogP contribution in [0.4, 0.5) is 5.69 Å². The lowest BCUT2D eigenvalue weighted by atomic mass is 10.1. The Kier molecular flexibility index (Phi) is 4.61. The second-order valence-corrected chi connectivity index (χ2v) is 5.42. The van der Waals surface area contributed by atoms with E-state index in [2.05, 4.69) is 66.3 Å². The van der Waals surface area contributed by atoms with Crippen molar-refractivity contribution in [2.24, 2.45) is 0 Å². The van der Waals surface area contributed by atoms with Gasteiger partial charge in [0, 0.05) is 44.0 Å². The number of hydrogen-bond acceptors (Lipinski definition) is 3. The number of nitrogens with one attached hydrogen (secondary N) is 1. The Morgan fingerprint density at radius 2 is 1.72 bits per heavy atom. The van der Waals surface area contributed by atoms with Crippen LogP contribution in [-0.2, 0) is 0 Å². The summed E-state index contributed by atoms with van der Waals surface area (Å²) in [5, 5.41) is 3.48. The molecule has 0 aliphatic carbocycles. The molecule has 1 aliphatic rings. The molecule has 1 aromatic rings. The van der Waals surface area contributed by atoms with Crippen LogP contribution < -0.4 is 5.32 Å². The number of anilines is 1. The molecule has 3 heteroatoms. The van der Waals surface area contributed by atoms with Crippen LogP contribution >= 0.6 is 0 Å². The zero-order valence-corrected chi connectivity index (χ0v) is 11.8. The lowest BCUT2D eigenvalue weighted by Gasteiger charge is -2.42. The highest BCUT2D eigenvalue weighted by Crippen LogP contribution is 2.13. The van der Waals surface area contributed by atoms with Crippen molar-refractivity contribution in [3.8, 4) is 0 Å². The Balaban J connectivity index is 1.74. The first-order chi connectivity index (χ1) is 8.66. The Morgan fingerprint density at radius 1 is 1.11 bits per heavy atom. The van der Waals surface area contributed by atoms with Gasteiger partial charge in [-0.05, 0) is 33.0 Å². The Hall–Kier alpha value is -1.06. The first-order valence-corrected chi connectivity index (χ1v) is 6.90. The molecule has 2 rings (SSSR count). The van der Waals surface area contributed by atoms with Gasteiger partial charge in [-0.2, -0.15) is 0 Å². The Labute approximate surface area is 111 Å². The van der Waals surface area contributed by atoms with Crippen molar-refractivity contribution >= 4 is 5.69 Å². The summed E-state index contributed by atoms with van der Waals surface area (Å²) in [5.74, 6) is 0. The molecule has 0 saturated carbocycles. The van der Waals surface area contributed by atoms with Crippen LogP contribution in [0.3, 0.4) is 0 Å². The monoisotopic (exact) mass is 247 g/mol. The van der Waals surface area contributed by atoms with Gasteiger partial charge >= 0.3 is 0 Å². The van der Waals surface area contributed by atoms with E-state index in [1.54, 1.807) is 0 Å². The average molecular weight is 247 g/mol. The molecule has 2 atom stereocenters. The van der Waals surface area contributed by atoms with Crippen molar-refractivity contribution in [2.75, 3.05) is 38.5 Å². The minimum absolute atomic E-state index is 0.658. The van der Waals surface area contributed by atoms with Crippen molar-refractivity contribution in [1.29, 1.82) is 0 Å². The lowest BCUT2D eigenvalue weighted by molar-refractivity contribution is 0.0626. The smallest absolute Gasteiger partial charge is 0.0340 e. The van der Waals surface area contributed by atoms with Crippen LogP contribution in [0, 0.1) is 0 Å². The number of piperazine rings is 1. The van der Waals surface area contributed by atoms with Crippen LogP contribution in [0.25, 0.3) is 0 Å². The van der Waals surface area contributed by atoms with Crippen LogP contribution in [0.5, 0.6) is 0 Å². The molecule has 0 amide bonds. The molecule has 1 N–H and O–H groups in total. The van der Waals surface area contributed by atoms with E-state index in [9.17, 15) is 0 Å². The van der Waals surface area contributed by atoms with Gasteiger partial charge in [0.2, 0.25) is 0 Å². The fraction of sp³-hybridized carbons (Fsp3) is 0.600. The normalized spacial score (nSPS) is 26.2. The maximum absolute atomic E-state index is 3.48. The Bertz CT molecular complexity index is 340. The predicted octanol–water partition coefficient (Wildman–Crippen LogP) is 2.12. The molecule has 1 heterocycles. The van der Waals surface area contributed by atoms with Gasteiger partial charge in [0.05, 0.1) is 0 Å². The summed E-state index contributed by atoms with van der Waals surface area (Å²) in [4.78, 5) is 5.03. The standard InChI is InChI=1S/C15H25N3/c1-13-11-18(12-14(2)17(13)3)10-9-16-15-7-5-4-6-8-15/h4-8,13-14,16H,9-12H2,1-3H3. The molecule has 2 unspecified atom stereocenters. The van der Waals surface area contributed by atoms with Gasteiger partial charge in [-0.25, -0.2) is 0 Å². The molecule has 0 spiro atoms. The molecular formula is C15H25N3. The van der Waals surface area contributed by atoms with Crippen molar-refractivity contribution in [2.45, 2.75) is 25.9 Å². The Morgan fingerprint density at radius 3 is 2.33 bits per heavy atom. The van der Waals surface area contributed by atoms with E-state index in [1.807, 2.05) is 0 Å². The first-order valence-electron chi connectivity index (χ1n) is 6.90. The van der Waals surface area contributed by atoms with E-state index >= 15 is 0 Å². The zero-order chi connectivity index (χ0) is 13.0.